The molecule has 1 fully saturated rings. The second kappa shape index (κ2) is 2.98. The molecule has 0 spiro atoms. The van der Waals surface area contributed by atoms with Crippen LogP contribution in [0.25, 0.3) is 0 Å². The van der Waals surface area contributed by atoms with Crippen molar-refractivity contribution in [3.8, 4) is 0 Å². The monoisotopic (exact) mass is 169 g/mol. The van der Waals surface area contributed by atoms with E-state index in [1.165, 1.54) is 0 Å². The molecule has 0 aromatic rings. The van der Waals surface area contributed by atoms with Gasteiger partial charge >= 0.3 is 6.18 Å². The Bertz CT molecular complexity index is 130. The lowest BCUT2D eigenvalue weighted by Crippen LogP contribution is -2.44. The minimum absolute atomic E-state index is 0.403. The van der Waals surface area contributed by atoms with E-state index in [1.807, 2.05) is 0 Å². The molecule has 2 nitrogen and oxygen atoms in total. The summed E-state index contributed by atoms with van der Waals surface area (Å²) in [5.74, 6) is 0. The van der Waals surface area contributed by atoms with E-state index in [0.29, 0.717) is 19.4 Å². The lowest BCUT2D eigenvalue weighted by atomic mass is 10.1. The van der Waals surface area contributed by atoms with Crippen molar-refractivity contribution in [2.24, 2.45) is 0 Å². The van der Waals surface area contributed by atoms with Crippen LogP contribution in [0, 0.1) is 0 Å². The van der Waals surface area contributed by atoms with Crippen molar-refractivity contribution < 1.29 is 18.3 Å². The summed E-state index contributed by atoms with van der Waals surface area (Å²) in [7, 11) is 0. The molecule has 1 heterocycles. The van der Waals surface area contributed by atoms with Gasteiger partial charge < -0.3 is 10.4 Å². The van der Waals surface area contributed by atoms with Gasteiger partial charge in [0.2, 0.25) is 0 Å². The minimum atomic E-state index is -4.48. The molecule has 1 rings (SSSR count). The Labute approximate surface area is 62.4 Å². The number of aliphatic hydroxyl groups is 1. The Morgan fingerprint density at radius 2 is 2.09 bits per heavy atom. The lowest BCUT2D eigenvalue weighted by molar-refractivity contribution is -0.210. The fraction of sp³-hybridized carbons (Fsp3) is 1.00. The number of hydrogen-bond acceptors (Lipinski definition) is 2. The Morgan fingerprint density at radius 1 is 1.45 bits per heavy atom. The van der Waals surface area contributed by atoms with Crippen LogP contribution < -0.4 is 5.32 Å². The topological polar surface area (TPSA) is 32.3 Å². The zero-order valence-corrected chi connectivity index (χ0v) is 5.86. The molecule has 1 aliphatic heterocycles. The Balaban J connectivity index is 2.46. The molecule has 1 aliphatic rings. The first-order valence-electron chi connectivity index (χ1n) is 3.50. The van der Waals surface area contributed by atoms with Gasteiger partial charge in [-0.25, -0.2) is 0 Å². The third-order valence-electron chi connectivity index (χ3n) is 1.81. The van der Waals surface area contributed by atoms with E-state index in [4.69, 9.17) is 5.11 Å². The first-order valence-corrected chi connectivity index (χ1v) is 3.50. The summed E-state index contributed by atoms with van der Waals surface area (Å²) in [4.78, 5) is 0. The number of rotatable bonds is 1. The number of nitrogens with one attached hydrogen (secondary N) is 1. The Kier molecular flexibility index (Phi) is 2.39. The molecule has 0 aliphatic carbocycles. The van der Waals surface area contributed by atoms with Gasteiger partial charge in [0.25, 0.3) is 0 Å². The largest absolute Gasteiger partial charge is 0.415 e. The molecule has 0 saturated carbocycles. The second-order valence-corrected chi connectivity index (χ2v) is 2.69. The summed E-state index contributed by atoms with van der Waals surface area (Å²) in [5.41, 5.74) is 0. The number of hydrogen-bond donors (Lipinski definition) is 2. The normalized spacial score (nSPS) is 28.9. The Hall–Kier alpha value is -0.290. The molecule has 2 atom stereocenters. The smallest absolute Gasteiger partial charge is 0.382 e. The summed E-state index contributed by atoms with van der Waals surface area (Å²) in [6, 6.07) is -0.796. The molecule has 0 bridgehead atoms. The van der Waals surface area contributed by atoms with Gasteiger partial charge in [0.1, 0.15) is 0 Å². The fourth-order valence-corrected chi connectivity index (χ4v) is 1.21. The highest BCUT2D eigenvalue weighted by Gasteiger charge is 2.44. The highest BCUT2D eigenvalue weighted by Crippen LogP contribution is 2.25. The van der Waals surface area contributed by atoms with Crippen LogP contribution >= 0.6 is 0 Å². The molecular weight excluding hydrogens is 159 g/mol. The van der Waals surface area contributed by atoms with Gasteiger partial charge in [-0.1, -0.05) is 0 Å². The molecular formula is C6H10F3NO. The SMILES string of the molecule is O[C@H]([C@H]1CCCN1)C(F)(F)F. The Morgan fingerprint density at radius 3 is 2.45 bits per heavy atom. The van der Waals surface area contributed by atoms with Crippen LogP contribution in [0.4, 0.5) is 13.2 Å². The van der Waals surface area contributed by atoms with Gasteiger partial charge in [-0.05, 0) is 19.4 Å². The van der Waals surface area contributed by atoms with E-state index >= 15 is 0 Å². The highest BCUT2D eigenvalue weighted by molar-refractivity contribution is 4.85. The van der Waals surface area contributed by atoms with Gasteiger partial charge in [-0.3, -0.25) is 0 Å². The molecule has 0 radical (unpaired) electrons. The summed E-state index contributed by atoms with van der Waals surface area (Å²) < 4.78 is 35.4. The quantitative estimate of drug-likeness (QED) is 0.604. The summed E-state index contributed by atoms with van der Waals surface area (Å²) >= 11 is 0. The maximum absolute atomic E-state index is 11.8. The van der Waals surface area contributed by atoms with Crippen molar-refractivity contribution in [3.63, 3.8) is 0 Å². The van der Waals surface area contributed by atoms with Crippen molar-refractivity contribution in [3.05, 3.63) is 0 Å². The van der Waals surface area contributed by atoms with E-state index in [2.05, 4.69) is 5.32 Å². The van der Waals surface area contributed by atoms with E-state index < -0.39 is 18.3 Å². The van der Waals surface area contributed by atoms with Crippen molar-refractivity contribution in [2.75, 3.05) is 6.54 Å². The molecule has 0 unspecified atom stereocenters. The third-order valence-corrected chi connectivity index (χ3v) is 1.81. The molecule has 0 aromatic heterocycles. The van der Waals surface area contributed by atoms with Crippen LogP contribution in [0.1, 0.15) is 12.8 Å². The summed E-state index contributed by atoms with van der Waals surface area (Å²) in [6.45, 7) is 0.567. The fourth-order valence-electron chi connectivity index (χ4n) is 1.21. The zero-order valence-electron chi connectivity index (χ0n) is 5.86. The van der Waals surface area contributed by atoms with Crippen molar-refractivity contribution >= 4 is 0 Å². The number of alkyl halides is 3. The van der Waals surface area contributed by atoms with E-state index in [1.54, 1.807) is 0 Å². The molecule has 0 amide bonds. The van der Waals surface area contributed by atoms with Crippen LogP contribution in [0.5, 0.6) is 0 Å². The summed E-state index contributed by atoms with van der Waals surface area (Å²) in [5, 5.41) is 11.3. The maximum Gasteiger partial charge on any atom is 0.415 e. The van der Waals surface area contributed by atoms with E-state index in [0.717, 1.165) is 0 Å². The second-order valence-electron chi connectivity index (χ2n) is 2.69. The predicted molar refractivity (Wildman–Crippen MR) is 33.1 cm³/mol. The zero-order chi connectivity index (χ0) is 8.48. The van der Waals surface area contributed by atoms with Crippen LogP contribution in [-0.2, 0) is 0 Å². The van der Waals surface area contributed by atoms with Crippen LogP contribution in [-0.4, -0.2) is 30.0 Å². The molecule has 5 heteroatoms. The van der Waals surface area contributed by atoms with Gasteiger partial charge in [0.05, 0.1) is 0 Å². The van der Waals surface area contributed by atoms with E-state index in [-0.39, 0.29) is 0 Å². The predicted octanol–water partition coefficient (Wildman–Crippen LogP) is 0.662. The lowest BCUT2D eigenvalue weighted by Gasteiger charge is -2.20. The maximum atomic E-state index is 11.8. The van der Waals surface area contributed by atoms with Gasteiger partial charge in [-0.15, -0.1) is 0 Å². The molecule has 2 N–H and O–H groups in total. The molecule has 1 saturated heterocycles. The first kappa shape index (κ1) is 8.80. The summed E-state index contributed by atoms with van der Waals surface area (Å²) in [6.07, 6.45) is -5.58. The standard InChI is InChI=1S/C6H10F3NO/c7-6(8,9)5(11)4-2-1-3-10-4/h4-5,10-11H,1-3H2/t4-,5-/m1/s1. The third kappa shape index (κ3) is 2.07. The number of aliphatic hydroxyl groups excluding tert-OH is 1. The van der Waals surface area contributed by atoms with Crippen molar-refractivity contribution in [1.82, 2.24) is 5.32 Å². The van der Waals surface area contributed by atoms with Crippen molar-refractivity contribution in [2.45, 2.75) is 31.2 Å². The first-order chi connectivity index (χ1) is 5.02. The van der Waals surface area contributed by atoms with E-state index in [9.17, 15) is 13.2 Å². The minimum Gasteiger partial charge on any atom is -0.382 e. The van der Waals surface area contributed by atoms with Gasteiger partial charge in [0.15, 0.2) is 6.10 Å². The van der Waals surface area contributed by atoms with Crippen LogP contribution in [0.3, 0.4) is 0 Å². The average molecular weight is 169 g/mol. The van der Waals surface area contributed by atoms with Crippen LogP contribution in [0.2, 0.25) is 0 Å². The molecule has 11 heavy (non-hydrogen) atoms. The van der Waals surface area contributed by atoms with Gasteiger partial charge in [0, 0.05) is 6.04 Å². The van der Waals surface area contributed by atoms with Gasteiger partial charge in [-0.2, -0.15) is 13.2 Å². The van der Waals surface area contributed by atoms with Crippen LogP contribution in [0.15, 0.2) is 0 Å². The number of halogens is 3. The van der Waals surface area contributed by atoms with Crippen molar-refractivity contribution in [1.29, 1.82) is 0 Å². The average Bonchev–Trinajstić information content (AvgIpc) is 2.34. The molecule has 0 aromatic carbocycles. The highest BCUT2D eigenvalue weighted by atomic mass is 19.4. The molecule has 66 valence electrons.